The number of carbonyl (C=O) groups excluding carboxylic acids is 1. The molecule has 2 aromatic heterocycles. The quantitative estimate of drug-likeness (QED) is 0.322. The van der Waals surface area contributed by atoms with Gasteiger partial charge in [0, 0.05) is 30.3 Å². The molecule has 1 saturated heterocycles. The normalized spacial score (nSPS) is 16.7. The minimum atomic E-state index is -0.452. The van der Waals surface area contributed by atoms with Crippen molar-refractivity contribution in [1.29, 1.82) is 0 Å². The summed E-state index contributed by atoms with van der Waals surface area (Å²) < 4.78 is 5.82. The van der Waals surface area contributed by atoms with Gasteiger partial charge in [0.05, 0.1) is 9.83 Å². The molecule has 4 rings (SSSR count). The van der Waals surface area contributed by atoms with E-state index in [0.29, 0.717) is 38.8 Å². The first-order valence-electron chi connectivity index (χ1n) is 8.89. The molecule has 0 aliphatic carbocycles. The number of amides is 1. The molecule has 1 fully saturated rings. The SMILES string of the molecule is CCN1C(=O)/C(=C\c2ccc(-c3ccc([N+](=O)[O-])cc3)o2)S/C1=N/c1nnc(C)s1. The summed E-state index contributed by atoms with van der Waals surface area (Å²) in [5, 5.41) is 20.6. The van der Waals surface area contributed by atoms with Crippen molar-refractivity contribution in [2.75, 3.05) is 6.54 Å². The van der Waals surface area contributed by atoms with E-state index in [1.165, 1.54) is 35.2 Å². The van der Waals surface area contributed by atoms with E-state index in [0.717, 1.165) is 5.01 Å². The van der Waals surface area contributed by atoms with E-state index in [4.69, 9.17) is 4.42 Å². The van der Waals surface area contributed by atoms with Crippen molar-refractivity contribution in [1.82, 2.24) is 15.1 Å². The number of aliphatic imine (C=N–C) groups is 1. The number of carbonyl (C=O) groups is 1. The second-order valence-electron chi connectivity index (χ2n) is 6.16. The van der Waals surface area contributed by atoms with Crippen molar-refractivity contribution >= 4 is 51.1 Å². The van der Waals surface area contributed by atoms with Gasteiger partial charge in [0.25, 0.3) is 11.6 Å². The summed E-state index contributed by atoms with van der Waals surface area (Å²) in [5.74, 6) is 0.900. The number of likely N-dealkylation sites (N-methyl/N-ethyl adjacent to an activating group) is 1. The van der Waals surface area contributed by atoms with Crippen LogP contribution in [0, 0.1) is 17.0 Å². The predicted octanol–water partition coefficient (Wildman–Crippen LogP) is 4.64. The van der Waals surface area contributed by atoms with E-state index < -0.39 is 4.92 Å². The van der Waals surface area contributed by atoms with Crippen LogP contribution in [-0.2, 0) is 4.79 Å². The number of nitro benzene ring substituents is 1. The molecule has 9 nitrogen and oxygen atoms in total. The number of amidine groups is 1. The van der Waals surface area contributed by atoms with Gasteiger partial charge in [0.1, 0.15) is 16.5 Å². The molecule has 3 heterocycles. The summed E-state index contributed by atoms with van der Waals surface area (Å²) >= 11 is 2.61. The highest BCUT2D eigenvalue weighted by atomic mass is 32.2. The Hall–Kier alpha value is -3.31. The highest BCUT2D eigenvalue weighted by Crippen LogP contribution is 2.35. The van der Waals surface area contributed by atoms with Gasteiger partial charge in [0.15, 0.2) is 5.17 Å². The van der Waals surface area contributed by atoms with Crippen molar-refractivity contribution in [2.24, 2.45) is 4.99 Å². The van der Waals surface area contributed by atoms with Crippen LogP contribution < -0.4 is 0 Å². The van der Waals surface area contributed by atoms with Crippen LogP contribution in [0.3, 0.4) is 0 Å². The number of nitro groups is 1. The highest BCUT2D eigenvalue weighted by molar-refractivity contribution is 8.18. The van der Waals surface area contributed by atoms with Gasteiger partial charge < -0.3 is 4.42 Å². The zero-order valence-electron chi connectivity index (χ0n) is 15.9. The fraction of sp³-hybridized carbons (Fsp3) is 0.158. The molecule has 1 aromatic carbocycles. The average Bonchev–Trinajstić information content (AvgIpc) is 3.43. The van der Waals surface area contributed by atoms with Crippen molar-refractivity contribution in [3.63, 3.8) is 0 Å². The third-order valence-corrected chi connectivity index (χ3v) is 5.91. The number of rotatable bonds is 5. The maximum Gasteiger partial charge on any atom is 0.269 e. The number of nitrogens with zero attached hydrogens (tertiary/aromatic N) is 5. The van der Waals surface area contributed by atoms with Crippen molar-refractivity contribution in [3.05, 3.63) is 62.2 Å². The summed E-state index contributed by atoms with van der Waals surface area (Å²) in [6.07, 6.45) is 1.67. The zero-order chi connectivity index (χ0) is 21.3. The molecule has 0 saturated carbocycles. The zero-order valence-corrected chi connectivity index (χ0v) is 17.6. The number of aryl methyl sites for hydroxylation is 1. The minimum Gasteiger partial charge on any atom is -0.457 e. The Kier molecular flexibility index (Phi) is 5.46. The van der Waals surface area contributed by atoms with E-state index >= 15 is 0 Å². The van der Waals surface area contributed by atoms with Crippen LogP contribution >= 0.6 is 23.1 Å². The van der Waals surface area contributed by atoms with Crippen LogP contribution in [-0.4, -0.2) is 37.6 Å². The van der Waals surface area contributed by atoms with Crippen LogP contribution in [0.5, 0.6) is 0 Å². The van der Waals surface area contributed by atoms with Crippen LogP contribution in [0.15, 0.2) is 50.7 Å². The molecule has 11 heteroatoms. The molecule has 0 atom stereocenters. The predicted molar refractivity (Wildman–Crippen MR) is 115 cm³/mol. The Morgan fingerprint density at radius 1 is 1.23 bits per heavy atom. The maximum absolute atomic E-state index is 12.7. The Morgan fingerprint density at radius 2 is 2.00 bits per heavy atom. The number of furan rings is 1. The summed E-state index contributed by atoms with van der Waals surface area (Å²) in [5.41, 5.74) is 0.720. The fourth-order valence-corrected chi connectivity index (χ4v) is 4.39. The lowest BCUT2D eigenvalue weighted by Gasteiger charge is -2.10. The molecule has 0 bridgehead atoms. The second-order valence-corrected chi connectivity index (χ2v) is 8.33. The second kappa shape index (κ2) is 8.20. The van der Waals surface area contributed by atoms with Gasteiger partial charge in [-0.1, -0.05) is 11.3 Å². The largest absolute Gasteiger partial charge is 0.457 e. The maximum atomic E-state index is 12.7. The van der Waals surface area contributed by atoms with Gasteiger partial charge in [-0.15, -0.1) is 10.2 Å². The number of aromatic nitrogens is 2. The number of hydrogen-bond donors (Lipinski definition) is 0. The molecular formula is C19H15N5O4S2. The summed E-state index contributed by atoms with van der Waals surface area (Å²) in [4.78, 5) is 29.6. The Bertz CT molecular complexity index is 1180. The van der Waals surface area contributed by atoms with E-state index in [2.05, 4.69) is 15.2 Å². The molecule has 1 aliphatic heterocycles. The monoisotopic (exact) mass is 441 g/mol. The van der Waals surface area contributed by atoms with Gasteiger partial charge >= 0.3 is 0 Å². The van der Waals surface area contributed by atoms with E-state index in [1.54, 1.807) is 35.2 Å². The van der Waals surface area contributed by atoms with Gasteiger partial charge in [-0.2, -0.15) is 4.99 Å². The molecule has 0 unspecified atom stereocenters. The fourth-order valence-electron chi connectivity index (χ4n) is 2.75. The average molecular weight is 441 g/mol. The van der Waals surface area contributed by atoms with Gasteiger partial charge in [-0.05, 0) is 49.9 Å². The van der Waals surface area contributed by atoms with Gasteiger partial charge in [0.2, 0.25) is 5.13 Å². The third-order valence-electron chi connectivity index (χ3n) is 4.17. The first kappa shape index (κ1) is 20.0. The molecule has 1 aliphatic rings. The van der Waals surface area contributed by atoms with E-state index in [1.807, 2.05) is 13.8 Å². The Labute approximate surface area is 179 Å². The van der Waals surface area contributed by atoms with E-state index in [-0.39, 0.29) is 11.6 Å². The van der Waals surface area contributed by atoms with Crippen molar-refractivity contribution in [3.8, 4) is 11.3 Å². The Morgan fingerprint density at radius 3 is 2.63 bits per heavy atom. The first-order chi connectivity index (χ1) is 14.4. The minimum absolute atomic E-state index is 0.0118. The van der Waals surface area contributed by atoms with E-state index in [9.17, 15) is 14.9 Å². The Balaban J connectivity index is 1.58. The summed E-state index contributed by atoms with van der Waals surface area (Å²) in [6, 6.07) is 9.59. The van der Waals surface area contributed by atoms with Gasteiger partial charge in [-0.3, -0.25) is 19.8 Å². The third kappa shape index (κ3) is 4.02. The molecule has 1 amide bonds. The van der Waals surface area contributed by atoms with Crippen LogP contribution in [0.2, 0.25) is 0 Å². The molecular weight excluding hydrogens is 426 g/mol. The highest BCUT2D eigenvalue weighted by Gasteiger charge is 2.32. The smallest absolute Gasteiger partial charge is 0.269 e. The molecule has 30 heavy (non-hydrogen) atoms. The topological polar surface area (TPSA) is 115 Å². The molecule has 0 radical (unpaired) electrons. The molecule has 0 N–H and O–H groups in total. The molecule has 0 spiro atoms. The van der Waals surface area contributed by atoms with Crippen LogP contribution in [0.25, 0.3) is 17.4 Å². The lowest BCUT2D eigenvalue weighted by atomic mass is 10.1. The molecule has 3 aromatic rings. The number of hydrogen-bond acceptors (Lipinski definition) is 9. The van der Waals surface area contributed by atoms with Crippen molar-refractivity contribution < 1.29 is 14.1 Å². The van der Waals surface area contributed by atoms with Crippen molar-refractivity contribution in [2.45, 2.75) is 13.8 Å². The summed E-state index contributed by atoms with van der Waals surface area (Å²) in [7, 11) is 0. The molecule has 152 valence electrons. The lowest BCUT2D eigenvalue weighted by Crippen LogP contribution is -2.28. The number of thioether (sulfide) groups is 1. The summed E-state index contributed by atoms with van der Waals surface area (Å²) in [6.45, 7) is 4.20. The first-order valence-corrected chi connectivity index (χ1v) is 10.5. The number of benzene rings is 1. The van der Waals surface area contributed by atoms with Gasteiger partial charge in [-0.25, -0.2) is 0 Å². The lowest BCUT2D eigenvalue weighted by molar-refractivity contribution is -0.384. The van der Waals surface area contributed by atoms with Crippen LogP contribution in [0.4, 0.5) is 10.8 Å². The van der Waals surface area contributed by atoms with Crippen LogP contribution in [0.1, 0.15) is 17.7 Å². The standard InChI is InChI=1S/C19H15N5O4S2/c1-3-23-17(25)16(30-19(23)20-18-22-21-11(2)29-18)10-14-8-9-15(28-14)12-4-6-13(7-5-12)24(26)27/h4-10H,3H2,1-2H3/b16-10+,20-19+. The number of non-ortho nitro benzene ring substituents is 1.